The lowest BCUT2D eigenvalue weighted by Gasteiger charge is -2.03. The van der Waals surface area contributed by atoms with Crippen LogP contribution in [0.5, 0.6) is 0 Å². The Balaban J connectivity index is 1.99. The van der Waals surface area contributed by atoms with Crippen molar-refractivity contribution in [3.8, 4) is 17.0 Å². The molecule has 3 rings (SSSR count). The van der Waals surface area contributed by atoms with Gasteiger partial charge >= 0.3 is 0 Å². The third-order valence-corrected chi connectivity index (χ3v) is 3.40. The Hall–Kier alpha value is -2.00. The maximum absolute atomic E-state index is 6.96. The molecule has 0 heterocycles. The first-order chi connectivity index (χ1) is 8.38. The Labute approximate surface area is 102 Å². The average molecular weight is 217 g/mol. The Morgan fingerprint density at radius 2 is 1.82 bits per heavy atom. The van der Waals surface area contributed by atoms with E-state index in [-0.39, 0.29) is 0 Å². The molecule has 0 N–H and O–H groups in total. The van der Waals surface area contributed by atoms with Crippen molar-refractivity contribution in [3.05, 3.63) is 65.6 Å². The highest BCUT2D eigenvalue weighted by Crippen LogP contribution is 2.36. The van der Waals surface area contributed by atoms with Crippen molar-refractivity contribution in [2.45, 2.75) is 19.3 Å². The van der Waals surface area contributed by atoms with Crippen LogP contribution in [0.15, 0.2) is 42.5 Å². The summed E-state index contributed by atoms with van der Waals surface area (Å²) in [5, 5.41) is 0. The lowest BCUT2D eigenvalue weighted by Crippen LogP contribution is -1.87. The first-order valence-corrected chi connectivity index (χ1v) is 5.98. The lowest BCUT2D eigenvalue weighted by atomic mass is 10.0. The van der Waals surface area contributed by atoms with Crippen molar-refractivity contribution in [1.82, 2.24) is 0 Å². The molecule has 0 saturated carbocycles. The molecule has 81 valence electrons. The summed E-state index contributed by atoms with van der Waals surface area (Å²) in [5.74, 6) is 2.45. The molecule has 0 aromatic heterocycles. The van der Waals surface area contributed by atoms with Crippen molar-refractivity contribution >= 4 is 0 Å². The van der Waals surface area contributed by atoms with E-state index < -0.39 is 0 Å². The average Bonchev–Trinajstić information content (AvgIpc) is 2.74. The van der Waals surface area contributed by atoms with Crippen molar-refractivity contribution in [1.29, 1.82) is 0 Å². The van der Waals surface area contributed by atoms with Crippen molar-refractivity contribution in [3.63, 3.8) is 0 Å². The van der Waals surface area contributed by atoms with Gasteiger partial charge in [0.1, 0.15) is 0 Å². The number of hydrogen-bond donors (Lipinski definition) is 0. The first-order valence-electron chi connectivity index (χ1n) is 5.98. The molecule has 2 aromatic carbocycles. The Morgan fingerprint density at radius 1 is 1.00 bits per heavy atom. The van der Waals surface area contributed by atoms with Gasteiger partial charge < -0.3 is 0 Å². The molecule has 0 aliphatic heterocycles. The van der Waals surface area contributed by atoms with Crippen molar-refractivity contribution in [2.75, 3.05) is 0 Å². The predicted octanol–water partition coefficient (Wildman–Crippen LogP) is 3.78. The van der Waals surface area contributed by atoms with Crippen molar-refractivity contribution in [2.24, 2.45) is 0 Å². The molecule has 0 heteroatoms. The fraction of sp³-hybridized carbons (Fsp3) is 0.176. The molecule has 1 radical (unpaired) electrons. The summed E-state index contributed by atoms with van der Waals surface area (Å²) >= 11 is 0. The van der Waals surface area contributed by atoms with Gasteiger partial charge in [0.15, 0.2) is 0 Å². The van der Waals surface area contributed by atoms with Gasteiger partial charge in [0, 0.05) is 6.42 Å². The molecule has 0 spiro atoms. The molecule has 0 fully saturated rings. The van der Waals surface area contributed by atoms with Gasteiger partial charge in [-0.3, -0.25) is 0 Å². The van der Waals surface area contributed by atoms with Crippen LogP contribution in [-0.2, 0) is 12.8 Å². The van der Waals surface area contributed by atoms with Gasteiger partial charge in [0.2, 0.25) is 0 Å². The zero-order valence-corrected chi connectivity index (χ0v) is 9.66. The Bertz CT molecular complexity index is 600. The van der Waals surface area contributed by atoms with Crippen LogP contribution in [0, 0.1) is 12.3 Å². The van der Waals surface area contributed by atoms with Crippen LogP contribution < -0.4 is 0 Å². The second-order valence-corrected chi connectivity index (χ2v) is 4.50. The summed E-state index contributed by atoms with van der Waals surface area (Å²) < 4.78 is 0. The summed E-state index contributed by atoms with van der Waals surface area (Å²) in [6.45, 7) is 0. The Kier molecular flexibility index (Phi) is 2.46. The highest BCUT2D eigenvalue weighted by Gasteiger charge is 2.17. The number of hydrogen-bond acceptors (Lipinski definition) is 0. The van der Waals surface area contributed by atoms with Crippen LogP contribution in [0.2, 0.25) is 0 Å². The molecular weight excluding hydrogens is 204 g/mol. The minimum absolute atomic E-state index is 0.714. The smallest absolute Gasteiger partial charge is 0.0139 e. The van der Waals surface area contributed by atoms with Crippen LogP contribution in [0.1, 0.15) is 23.1 Å². The van der Waals surface area contributed by atoms with E-state index in [2.05, 4.69) is 48.4 Å². The van der Waals surface area contributed by atoms with Gasteiger partial charge in [-0.05, 0) is 47.1 Å². The molecule has 0 amide bonds. The van der Waals surface area contributed by atoms with Crippen LogP contribution in [0.3, 0.4) is 0 Å². The van der Waals surface area contributed by atoms with Crippen LogP contribution in [0.4, 0.5) is 0 Å². The predicted molar refractivity (Wildman–Crippen MR) is 70.1 cm³/mol. The van der Waals surface area contributed by atoms with Gasteiger partial charge in [-0.2, -0.15) is 0 Å². The molecule has 0 nitrogen and oxygen atoms in total. The zero-order chi connectivity index (χ0) is 11.7. The molecule has 0 saturated heterocycles. The molecule has 0 unspecified atom stereocenters. The highest BCUT2D eigenvalue weighted by molar-refractivity contribution is 5.76. The van der Waals surface area contributed by atoms with E-state index in [0.717, 1.165) is 12.8 Å². The topological polar surface area (TPSA) is 0 Å². The van der Waals surface area contributed by atoms with E-state index in [4.69, 9.17) is 6.42 Å². The van der Waals surface area contributed by atoms with E-state index in [1.807, 2.05) is 0 Å². The third-order valence-electron chi connectivity index (χ3n) is 3.40. The summed E-state index contributed by atoms with van der Waals surface area (Å²) in [4.78, 5) is 0. The fourth-order valence-electron chi connectivity index (χ4n) is 2.56. The molecule has 1 aliphatic carbocycles. The molecule has 0 atom stereocenters. The maximum atomic E-state index is 6.96. The molecule has 0 bridgehead atoms. The minimum Gasteiger partial charge on any atom is -0.0888 e. The van der Waals surface area contributed by atoms with E-state index in [0.29, 0.717) is 6.42 Å². The Morgan fingerprint density at radius 3 is 2.71 bits per heavy atom. The molecule has 1 aliphatic rings. The first kappa shape index (κ1) is 10.2. The second-order valence-electron chi connectivity index (χ2n) is 4.50. The number of benzene rings is 2. The monoisotopic (exact) mass is 217 g/mol. The van der Waals surface area contributed by atoms with Gasteiger partial charge in [0.25, 0.3) is 0 Å². The van der Waals surface area contributed by atoms with Gasteiger partial charge in [-0.1, -0.05) is 48.4 Å². The molecule has 17 heavy (non-hydrogen) atoms. The zero-order valence-electron chi connectivity index (χ0n) is 9.66. The van der Waals surface area contributed by atoms with E-state index in [1.165, 1.54) is 27.8 Å². The van der Waals surface area contributed by atoms with Crippen molar-refractivity contribution < 1.29 is 0 Å². The van der Waals surface area contributed by atoms with Gasteiger partial charge in [0.05, 0.1) is 0 Å². The second kappa shape index (κ2) is 4.11. The number of fused-ring (bicyclic) bond motifs is 3. The van der Waals surface area contributed by atoms with Crippen LogP contribution in [0.25, 0.3) is 11.1 Å². The van der Waals surface area contributed by atoms with E-state index in [9.17, 15) is 0 Å². The lowest BCUT2D eigenvalue weighted by molar-refractivity contribution is 1.02. The van der Waals surface area contributed by atoms with E-state index >= 15 is 0 Å². The quantitative estimate of drug-likeness (QED) is 0.573. The fourth-order valence-corrected chi connectivity index (χ4v) is 2.56. The maximum Gasteiger partial charge on any atom is 0.0139 e. The van der Waals surface area contributed by atoms with Crippen LogP contribution in [-0.4, -0.2) is 0 Å². The van der Waals surface area contributed by atoms with Gasteiger partial charge in [-0.15, -0.1) is 0 Å². The summed E-state index contributed by atoms with van der Waals surface area (Å²) in [6.07, 6.45) is 9.65. The normalized spacial score (nSPS) is 11.7. The summed E-state index contributed by atoms with van der Waals surface area (Å²) in [6, 6.07) is 15.3. The summed E-state index contributed by atoms with van der Waals surface area (Å²) in [5.41, 5.74) is 6.93. The third kappa shape index (κ3) is 1.74. The minimum atomic E-state index is 0.714. The summed E-state index contributed by atoms with van der Waals surface area (Å²) in [7, 11) is 0. The highest BCUT2D eigenvalue weighted by atomic mass is 14.2. The SMILES string of the molecule is [C]#CCCc1ccc2c(c1)Cc1ccccc1-2. The van der Waals surface area contributed by atoms with Gasteiger partial charge in [-0.25, -0.2) is 0 Å². The number of rotatable bonds is 2. The van der Waals surface area contributed by atoms with E-state index in [1.54, 1.807) is 0 Å². The largest absolute Gasteiger partial charge is 0.0888 e. The molecule has 2 aromatic rings. The number of aryl methyl sites for hydroxylation is 1. The molecular formula is C17H13. The van der Waals surface area contributed by atoms with Crippen LogP contribution >= 0.6 is 0 Å². The standard InChI is InChI=1S/C17H13/c1-2-3-6-13-9-10-17-15(11-13)12-14-7-4-5-8-16(14)17/h4-5,7-11H,3,6,12H2.